The Kier molecular flexibility index (Phi) is 5.38. The lowest BCUT2D eigenvalue weighted by Gasteiger charge is -2.19. The molecule has 0 aliphatic heterocycles. The molecule has 1 unspecified atom stereocenters. The second kappa shape index (κ2) is 6.33. The van der Waals surface area contributed by atoms with Crippen LogP contribution in [0.2, 0.25) is 0 Å². The summed E-state index contributed by atoms with van der Waals surface area (Å²) in [5.41, 5.74) is 0. The quantitative estimate of drug-likeness (QED) is 0.706. The van der Waals surface area contributed by atoms with Crippen LogP contribution in [0.15, 0.2) is 0 Å². The molecule has 0 aromatic rings. The van der Waals surface area contributed by atoms with Crippen molar-refractivity contribution < 1.29 is 9.00 Å². The summed E-state index contributed by atoms with van der Waals surface area (Å²) in [5, 5.41) is 0. The molecule has 0 N–H and O–H groups in total. The molecule has 0 amide bonds. The van der Waals surface area contributed by atoms with E-state index in [4.69, 9.17) is 0 Å². The fourth-order valence-electron chi connectivity index (χ4n) is 2.00. The Labute approximate surface area is 88.9 Å². The standard InChI is InChI=1S/C11H20O2S/c1-2-8-14(13)9-11(12)10-6-4-3-5-7-10/h10H,2-9H2,1H3. The van der Waals surface area contributed by atoms with E-state index in [0.717, 1.165) is 19.3 Å². The molecule has 82 valence electrons. The van der Waals surface area contributed by atoms with Gasteiger partial charge in [0, 0.05) is 22.5 Å². The minimum absolute atomic E-state index is 0.226. The van der Waals surface area contributed by atoms with Crippen LogP contribution >= 0.6 is 0 Å². The molecule has 14 heavy (non-hydrogen) atoms. The van der Waals surface area contributed by atoms with Crippen molar-refractivity contribution in [3.8, 4) is 0 Å². The highest BCUT2D eigenvalue weighted by molar-refractivity contribution is 7.85. The Morgan fingerprint density at radius 3 is 2.50 bits per heavy atom. The molecule has 0 radical (unpaired) electrons. The molecule has 1 atom stereocenters. The molecule has 1 rings (SSSR count). The van der Waals surface area contributed by atoms with Gasteiger partial charge < -0.3 is 0 Å². The van der Waals surface area contributed by atoms with Gasteiger partial charge in [-0.25, -0.2) is 0 Å². The summed E-state index contributed by atoms with van der Waals surface area (Å²) in [4.78, 5) is 11.7. The second-order valence-corrected chi connectivity index (χ2v) is 5.67. The Balaban J connectivity index is 2.29. The average Bonchev–Trinajstić information content (AvgIpc) is 2.19. The molecule has 1 fully saturated rings. The highest BCUT2D eigenvalue weighted by atomic mass is 32.2. The lowest BCUT2D eigenvalue weighted by atomic mass is 9.87. The predicted molar refractivity (Wildman–Crippen MR) is 59.7 cm³/mol. The summed E-state index contributed by atoms with van der Waals surface area (Å²) < 4.78 is 11.4. The van der Waals surface area contributed by atoms with Gasteiger partial charge in [0.2, 0.25) is 0 Å². The molecule has 0 aromatic carbocycles. The Hall–Kier alpha value is -0.180. The lowest BCUT2D eigenvalue weighted by molar-refractivity contribution is -0.121. The average molecular weight is 216 g/mol. The third-order valence-electron chi connectivity index (χ3n) is 2.80. The molecule has 3 heteroatoms. The first-order valence-electron chi connectivity index (χ1n) is 5.61. The van der Waals surface area contributed by atoms with Gasteiger partial charge in [0.05, 0.1) is 5.75 Å². The van der Waals surface area contributed by atoms with Crippen molar-refractivity contribution in [1.29, 1.82) is 0 Å². The van der Waals surface area contributed by atoms with Crippen molar-refractivity contribution in [2.24, 2.45) is 5.92 Å². The maximum Gasteiger partial charge on any atom is 0.148 e. The zero-order valence-corrected chi connectivity index (χ0v) is 9.78. The molecule has 1 saturated carbocycles. The Morgan fingerprint density at radius 2 is 1.93 bits per heavy atom. The number of hydrogen-bond donors (Lipinski definition) is 0. The van der Waals surface area contributed by atoms with E-state index in [1.807, 2.05) is 6.92 Å². The predicted octanol–water partition coefficient (Wildman–Crippen LogP) is 2.29. The van der Waals surface area contributed by atoms with E-state index in [1.54, 1.807) is 0 Å². The van der Waals surface area contributed by atoms with Crippen molar-refractivity contribution in [3.63, 3.8) is 0 Å². The van der Waals surface area contributed by atoms with Gasteiger partial charge in [-0.3, -0.25) is 9.00 Å². The fourth-order valence-corrected chi connectivity index (χ4v) is 3.15. The number of rotatable bonds is 5. The van der Waals surface area contributed by atoms with Gasteiger partial charge in [-0.1, -0.05) is 26.2 Å². The third kappa shape index (κ3) is 3.91. The SMILES string of the molecule is CCCS(=O)CC(=O)C1CCCCC1. The third-order valence-corrected chi connectivity index (χ3v) is 4.27. The van der Waals surface area contributed by atoms with Gasteiger partial charge >= 0.3 is 0 Å². The molecular formula is C11H20O2S. The molecule has 0 aromatic heterocycles. The van der Waals surface area contributed by atoms with Crippen LogP contribution in [-0.2, 0) is 15.6 Å². The molecular weight excluding hydrogens is 196 g/mol. The van der Waals surface area contributed by atoms with E-state index in [0.29, 0.717) is 11.5 Å². The number of ketones is 1. The van der Waals surface area contributed by atoms with Crippen molar-refractivity contribution in [3.05, 3.63) is 0 Å². The van der Waals surface area contributed by atoms with Crippen LogP contribution in [0.1, 0.15) is 45.4 Å². The van der Waals surface area contributed by atoms with Crippen molar-refractivity contribution in [2.75, 3.05) is 11.5 Å². The van der Waals surface area contributed by atoms with Gasteiger partial charge in [-0.2, -0.15) is 0 Å². The van der Waals surface area contributed by atoms with Crippen molar-refractivity contribution >= 4 is 16.6 Å². The van der Waals surface area contributed by atoms with Crippen LogP contribution in [0.4, 0.5) is 0 Å². The van der Waals surface area contributed by atoms with Gasteiger partial charge in [0.25, 0.3) is 0 Å². The summed E-state index contributed by atoms with van der Waals surface area (Å²) in [5.74, 6) is 1.46. The highest BCUT2D eigenvalue weighted by Crippen LogP contribution is 2.24. The molecule has 0 bridgehead atoms. The molecule has 1 aliphatic rings. The van der Waals surface area contributed by atoms with Gasteiger partial charge in [0.1, 0.15) is 5.78 Å². The summed E-state index contributed by atoms with van der Waals surface area (Å²) in [6.45, 7) is 2.00. The number of hydrogen-bond acceptors (Lipinski definition) is 2. The number of carbonyl (C=O) groups is 1. The summed E-state index contributed by atoms with van der Waals surface area (Å²) in [7, 11) is -0.901. The van der Waals surface area contributed by atoms with Gasteiger partial charge in [-0.05, 0) is 19.3 Å². The topological polar surface area (TPSA) is 34.1 Å². The Bertz CT molecular complexity index is 207. The van der Waals surface area contributed by atoms with Gasteiger partial charge in [0.15, 0.2) is 0 Å². The second-order valence-electron chi connectivity index (χ2n) is 4.09. The monoisotopic (exact) mass is 216 g/mol. The maximum atomic E-state index is 11.7. The normalized spacial score (nSPS) is 20.6. The molecule has 0 saturated heterocycles. The fraction of sp³-hybridized carbons (Fsp3) is 0.909. The molecule has 0 heterocycles. The van der Waals surface area contributed by atoms with E-state index in [2.05, 4.69) is 0 Å². The number of carbonyl (C=O) groups excluding carboxylic acids is 1. The molecule has 0 spiro atoms. The first kappa shape index (κ1) is 11.9. The zero-order valence-electron chi connectivity index (χ0n) is 8.96. The van der Waals surface area contributed by atoms with Crippen molar-refractivity contribution in [2.45, 2.75) is 45.4 Å². The van der Waals surface area contributed by atoms with Crippen LogP contribution < -0.4 is 0 Å². The van der Waals surface area contributed by atoms with E-state index in [1.165, 1.54) is 19.3 Å². The van der Waals surface area contributed by atoms with E-state index < -0.39 is 10.8 Å². The van der Waals surface area contributed by atoms with Crippen LogP contribution in [0.3, 0.4) is 0 Å². The van der Waals surface area contributed by atoms with E-state index in [-0.39, 0.29) is 11.7 Å². The maximum absolute atomic E-state index is 11.7. The minimum Gasteiger partial charge on any atom is -0.298 e. The summed E-state index contributed by atoms with van der Waals surface area (Å²) in [6, 6.07) is 0. The van der Waals surface area contributed by atoms with Crippen molar-refractivity contribution in [1.82, 2.24) is 0 Å². The minimum atomic E-state index is -0.901. The number of Topliss-reactive ketones (excluding diaryl/α,β-unsaturated/α-hetero) is 1. The van der Waals surface area contributed by atoms with E-state index >= 15 is 0 Å². The smallest absolute Gasteiger partial charge is 0.148 e. The zero-order chi connectivity index (χ0) is 10.4. The van der Waals surface area contributed by atoms with Crippen LogP contribution in [0.25, 0.3) is 0 Å². The van der Waals surface area contributed by atoms with Crippen LogP contribution in [-0.4, -0.2) is 21.5 Å². The van der Waals surface area contributed by atoms with Gasteiger partial charge in [-0.15, -0.1) is 0 Å². The lowest BCUT2D eigenvalue weighted by Crippen LogP contribution is -2.23. The van der Waals surface area contributed by atoms with Crippen LogP contribution in [0.5, 0.6) is 0 Å². The summed E-state index contributed by atoms with van der Waals surface area (Å²) >= 11 is 0. The highest BCUT2D eigenvalue weighted by Gasteiger charge is 2.21. The first-order chi connectivity index (χ1) is 6.74. The Morgan fingerprint density at radius 1 is 1.29 bits per heavy atom. The molecule has 2 nitrogen and oxygen atoms in total. The van der Waals surface area contributed by atoms with E-state index in [9.17, 15) is 9.00 Å². The largest absolute Gasteiger partial charge is 0.298 e. The summed E-state index contributed by atoms with van der Waals surface area (Å²) in [6.07, 6.45) is 6.59. The first-order valence-corrected chi connectivity index (χ1v) is 7.10. The molecule has 1 aliphatic carbocycles. The van der Waals surface area contributed by atoms with Crippen LogP contribution in [0, 0.1) is 5.92 Å².